The van der Waals surface area contributed by atoms with Crippen LogP contribution in [0, 0.1) is 0 Å². The Labute approximate surface area is 141 Å². The fourth-order valence-electron chi connectivity index (χ4n) is 2.12. The van der Waals surface area contributed by atoms with Gasteiger partial charge in [0.2, 0.25) is 0 Å². The molecule has 0 aliphatic rings. The minimum atomic E-state index is -0.278. The summed E-state index contributed by atoms with van der Waals surface area (Å²) < 4.78 is 0. The molecule has 0 aromatic heterocycles. The van der Waals surface area contributed by atoms with Crippen LogP contribution in [0.15, 0.2) is 30.3 Å². The molecule has 1 aromatic rings. The Morgan fingerprint density at radius 1 is 0.667 bits per heavy atom. The van der Waals surface area contributed by atoms with Crippen LogP contribution in [0.5, 0.6) is 0 Å². The second-order valence-corrected chi connectivity index (χ2v) is 5.78. The van der Waals surface area contributed by atoms with Gasteiger partial charge in [-0.05, 0) is 6.92 Å². The molecule has 0 unspecified atom stereocenters. The first-order chi connectivity index (χ1) is 11.4. The van der Waals surface area contributed by atoms with Crippen molar-refractivity contribution in [3.63, 3.8) is 0 Å². The van der Waals surface area contributed by atoms with Crippen LogP contribution in [0.25, 0.3) is 0 Å². The van der Waals surface area contributed by atoms with Crippen LogP contribution in [0.3, 0.4) is 0 Å². The number of hydrogen-bond acceptors (Lipinski definition) is 5. The molecule has 0 heterocycles. The fraction of sp³-hybridized carbons (Fsp3) is 0.421. The smallest absolute Gasteiger partial charge is 0.170 e. The molecule has 1 rings (SSSR count). The summed E-state index contributed by atoms with van der Waals surface area (Å²) in [4.78, 5) is 57.6. The summed E-state index contributed by atoms with van der Waals surface area (Å²) in [5.74, 6) is -0.883. The van der Waals surface area contributed by atoms with Gasteiger partial charge in [-0.3, -0.25) is 19.2 Å². The largest absolute Gasteiger partial charge is 0.300 e. The van der Waals surface area contributed by atoms with Gasteiger partial charge in [0, 0.05) is 44.1 Å². The monoisotopic (exact) mass is 330 g/mol. The summed E-state index contributed by atoms with van der Waals surface area (Å²) in [5.41, 5.74) is 0.480. The predicted molar refractivity (Wildman–Crippen MR) is 88.8 cm³/mol. The highest BCUT2D eigenvalue weighted by molar-refractivity contribution is 6.08. The normalized spacial score (nSPS) is 10.2. The lowest BCUT2D eigenvalue weighted by molar-refractivity contribution is -0.126. The van der Waals surface area contributed by atoms with Gasteiger partial charge in [0.15, 0.2) is 5.78 Å². The number of Topliss-reactive ketones (excluding diaryl/α,β-unsaturated/α-hetero) is 5. The van der Waals surface area contributed by atoms with Gasteiger partial charge in [-0.15, -0.1) is 0 Å². The highest BCUT2D eigenvalue weighted by Crippen LogP contribution is 2.08. The van der Waals surface area contributed by atoms with Crippen LogP contribution in [0.2, 0.25) is 0 Å². The molecule has 0 atom stereocenters. The van der Waals surface area contributed by atoms with Gasteiger partial charge < -0.3 is 4.79 Å². The Bertz CT molecular complexity index is 616. The summed E-state index contributed by atoms with van der Waals surface area (Å²) in [5, 5.41) is 0. The predicted octanol–water partition coefficient (Wildman–Crippen LogP) is 2.90. The molecular weight excluding hydrogens is 308 g/mol. The van der Waals surface area contributed by atoms with Crippen LogP contribution in [0.1, 0.15) is 62.2 Å². The summed E-state index contributed by atoms with van der Waals surface area (Å²) >= 11 is 0. The van der Waals surface area contributed by atoms with E-state index >= 15 is 0 Å². The second-order valence-electron chi connectivity index (χ2n) is 5.78. The number of carbonyl (C=O) groups excluding carboxylic acids is 5. The number of hydrogen-bond donors (Lipinski definition) is 0. The first-order valence-electron chi connectivity index (χ1n) is 8.01. The van der Waals surface area contributed by atoms with E-state index in [2.05, 4.69) is 0 Å². The SMILES string of the molecule is CC(=O)CCC(=O)CCC(=O)CCC(=O)CC(=O)c1ccccc1. The lowest BCUT2D eigenvalue weighted by atomic mass is 10.0. The van der Waals surface area contributed by atoms with Crippen LogP contribution >= 0.6 is 0 Å². The zero-order chi connectivity index (χ0) is 17.9. The molecule has 0 spiro atoms. The van der Waals surface area contributed by atoms with Crippen molar-refractivity contribution in [1.29, 1.82) is 0 Å². The average Bonchev–Trinajstić information content (AvgIpc) is 2.57. The highest BCUT2D eigenvalue weighted by Gasteiger charge is 2.14. The average molecular weight is 330 g/mol. The van der Waals surface area contributed by atoms with Gasteiger partial charge >= 0.3 is 0 Å². The van der Waals surface area contributed by atoms with Crippen LogP contribution in [-0.2, 0) is 19.2 Å². The third-order valence-corrected chi connectivity index (χ3v) is 3.57. The molecule has 0 aliphatic carbocycles. The molecule has 128 valence electrons. The lowest BCUT2D eigenvalue weighted by Crippen LogP contribution is -2.11. The van der Waals surface area contributed by atoms with Crippen LogP contribution in [0.4, 0.5) is 0 Å². The molecular formula is C19H22O5. The van der Waals surface area contributed by atoms with Gasteiger partial charge in [0.1, 0.15) is 23.1 Å². The standard InChI is InChI=1S/C19H22O5/c1-14(20)7-8-16(21)9-10-17(22)11-12-18(23)13-19(24)15-5-3-2-4-6-15/h2-6H,7-13H2,1H3. The van der Waals surface area contributed by atoms with Crippen molar-refractivity contribution < 1.29 is 24.0 Å². The van der Waals surface area contributed by atoms with E-state index in [4.69, 9.17) is 0 Å². The summed E-state index contributed by atoms with van der Waals surface area (Å²) in [7, 11) is 0. The van der Waals surface area contributed by atoms with Crippen molar-refractivity contribution in [2.45, 2.75) is 51.9 Å². The minimum absolute atomic E-state index is 0.0129. The molecule has 24 heavy (non-hydrogen) atoms. The van der Waals surface area contributed by atoms with E-state index in [0.717, 1.165) is 0 Å². The van der Waals surface area contributed by atoms with Gasteiger partial charge in [0.25, 0.3) is 0 Å². The topological polar surface area (TPSA) is 85.3 Å². The van der Waals surface area contributed by atoms with Crippen LogP contribution < -0.4 is 0 Å². The van der Waals surface area contributed by atoms with Crippen molar-refractivity contribution >= 4 is 28.9 Å². The Hall–Kier alpha value is -2.43. The van der Waals surface area contributed by atoms with E-state index in [1.54, 1.807) is 30.3 Å². The minimum Gasteiger partial charge on any atom is -0.300 e. The van der Waals surface area contributed by atoms with E-state index in [1.165, 1.54) is 6.92 Å². The number of rotatable bonds is 12. The third-order valence-electron chi connectivity index (χ3n) is 3.57. The molecule has 0 fully saturated rings. The van der Waals surface area contributed by atoms with E-state index < -0.39 is 0 Å². The van der Waals surface area contributed by atoms with Crippen molar-refractivity contribution in [3.8, 4) is 0 Å². The molecule has 0 aliphatic heterocycles. The van der Waals surface area contributed by atoms with Crippen molar-refractivity contribution in [1.82, 2.24) is 0 Å². The molecule has 0 radical (unpaired) electrons. The molecule has 0 amide bonds. The summed E-state index contributed by atoms with van der Waals surface area (Å²) in [6.45, 7) is 1.42. The zero-order valence-electron chi connectivity index (χ0n) is 13.9. The molecule has 0 saturated carbocycles. The molecule has 0 saturated heterocycles. The molecule has 1 aromatic carbocycles. The Morgan fingerprint density at radius 2 is 1.12 bits per heavy atom. The second kappa shape index (κ2) is 10.4. The maximum Gasteiger partial charge on any atom is 0.170 e. The molecule has 0 bridgehead atoms. The molecule has 5 heteroatoms. The maximum atomic E-state index is 11.9. The Kier molecular flexibility index (Phi) is 8.47. The van der Waals surface area contributed by atoms with Gasteiger partial charge in [-0.1, -0.05) is 30.3 Å². The summed E-state index contributed by atoms with van der Waals surface area (Å²) in [6.07, 6.45) is 0.384. The Morgan fingerprint density at radius 3 is 1.62 bits per heavy atom. The maximum absolute atomic E-state index is 11.9. The number of carbonyl (C=O) groups is 5. The van der Waals surface area contributed by atoms with Crippen molar-refractivity contribution in [2.75, 3.05) is 0 Å². The van der Waals surface area contributed by atoms with E-state index in [1.807, 2.05) is 0 Å². The van der Waals surface area contributed by atoms with Gasteiger partial charge in [-0.25, -0.2) is 0 Å². The van der Waals surface area contributed by atoms with E-state index in [-0.39, 0.29) is 73.9 Å². The van der Waals surface area contributed by atoms with Crippen molar-refractivity contribution in [3.05, 3.63) is 35.9 Å². The highest BCUT2D eigenvalue weighted by atomic mass is 16.2. The number of benzene rings is 1. The Balaban J connectivity index is 2.24. The quantitative estimate of drug-likeness (QED) is 0.434. The van der Waals surface area contributed by atoms with Gasteiger partial charge in [0.05, 0.1) is 6.42 Å². The van der Waals surface area contributed by atoms with Gasteiger partial charge in [-0.2, -0.15) is 0 Å². The van der Waals surface area contributed by atoms with Crippen LogP contribution in [-0.4, -0.2) is 28.9 Å². The van der Waals surface area contributed by atoms with E-state index in [9.17, 15) is 24.0 Å². The zero-order valence-corrected chi connectivity index (χ0v) is 13.9. The molecule has 0 N–H and O–H groups in total. The first kappa shape index (κ1) is 19.6. The van der Waals surface area contributed by atoms with E-state index in [0.29, 0.717) is 5.56 Å². The number of ketones is 5. The lowest BCUT2D eigenvalue weighted by Gasteiger charge is -2.02. The van der Waals surface area contributed by atoms with Crippen molar-refractivity contribution in [2.24, 2.45) is 0 Å². The third kappa shape index (κ3) is 8.27. The first-order valence-corrected chi connectivity index (χ1v) is 8.01. The fourth-order valence-corrected chi connectivity index (χ4v) is 2.12. The summed E-state index contributed by atoms with van der Waals surface area (Å²) in [6, 6.07) is 8.53. The molecule has 5 nitrogen and oxygen atoms in total.